The molecule has 0 aliphatic rings. The monoisotopic (exact) mass is 333 g/mol. The van der Waals surface area contributed by atoms with Crippen LogP contribution in [0.5, 0.6) is 0 Å². The van der Waals surface area contributed by atoms with Crippen molar-refractivity contribution in [3.63, 3.8) is 0 Å². The maximum Gasteiger partial charge on any atom is 0.417 e. The summed E-state index contributed by atoms with van der Waals surface area (Å²) in [5.41, 5.74) is -1.01. The molecule has 0 saturated heterocycles. The molecule has 7 heteroatoms. The van der Waals surface area contributed by atoms with Crippen LogP contribution in [0.2, 0.25) is 0 Å². The number of benzene rings is 1. The lowest BCUT2D eigenvalue weighted by Crippen LogP contribution is -2.07. The molecular weight excluding hydrogens is 327 g/mol. The number of carbonyl (C=O) groups is 1. The van der Waals surface area contributed by atoms with Gasteiger partial charge in [0.15, 0.2) is 0 Å². The molecule has 0 saturated carbocycles. The Hall–Kier alpha value is -1.63. The van der Waals surface area contributed by atoms with Crippen LogP contribution in [0.25, 0.3) is 11.5 Å². The van der Waals surface area contributed by atoms with E-state index in [1.165, 1.54) is 18.3 Å². The van der Waals surface area contributed by atoms with Crippen LogP contribution in [-0.2, 0) is 17.4 Å². The highest BCUT2D eigenvalue weighted by molar-refractivity contribution is 9.10. The van der Waals surface area contributed by atoms with Gasteiger partial charge in [0.1, 0.15) is 12.0 Å². The summed E-state index contributed by atoms with van der Waals surface area (Å²) in [7, 11) is 0. The molecule has 0 bridgehead atoms. The van der Waals surface area contributed by atoms with Crippen LogP contribution in [0.4, 0.5) is 13.2 Å². The summed E-state index contributed by atoms with van der Waals surface area (Å²) in [5.74, 6) is 0.0673. The Labute approximate surface area is 114 Å². The van der Waals surface area contributed by atoms with Gasteiger partial charge in [0.05, 0.1) is 18.2 Å². The average molecular weight is 334 g/mol. The van der Waals surface area contributed by atoms with E-state index in [4.69, 9.17) is 4.42 Å². The molecule has 2 rings (SSSR count). The second kappa shape index (κ2) is 5.16. The summed E-state index contributed by atoms with van der Waals surface area (Å²) >= 11 is 2.99. The van der Waals surface area contributed by atoms with Crippen molar-refractivity contribution in [2.45, 2.75) is 12.6 Å². The number of nitrogens with zero attached hydrogens (tertiary/aromatic N) is 1. The first-order valence-corrected chi connectivity index (χ1v) is 5.96. The fraction of sp³-hybridized carbons (Fsp3) is 0.167. The van der Waals surface area contributed by atoms with Crippen molar-refractivity contribution in [2.24, 2.45) is 0 Å². The SMILES string of the molecule is O=CCc1cnc(-c2ccc(Br)cc2C(F)(F)F)o1. The smallest absolute Gasteiger partial charge is 0.417 e. The van der Waals surface area contributed by atoms with E-state index >= 15 is 0 Å². The number of alkyl halides is 3. The average Bonchev–Trinajstić information content (AvgIpc) is 2.77. The van der Waals surface area contributed by atoms with Crippen molar-refractivity contribution in [1.29, 1.82) is 0 Å². The Kier molecular flexibility index (Phi) is 3.75. The first kappa shape index (κ1) is 13.8. The number of rotatable bonds is 3. The molecule has 0 aliphatic heterocycles. The molecule has 1 aromatic heterocycles. The molecule has 1 heterocycles. The van der Waals surface area contributed by atoms with Crippen molar-refractivity contribution < 1.29 is 22.4 Å². The van der Waals surface area contributed by atoms with Gasteiger partial charge in [0, 0.05) is 10.0 Å². The molecule has 3 nitrogen and oxygen atoms in total. The third-order valence-corrected chi connectivity index (χ3v) is 2.85. The minimum Gasteiger partial charge on any atom is -0.441 e. The molecular formula is C12H7BrF3NO2. The van der Waals surface area contributed by atoms with Crippen molar-refractivity contribution >= 4 is 22.2 Å². The summed E-state index contributed by atoms with van der Waals surface area (Å²) in [5, 5.41) is 0. The summed E-state index contributed by atoms with van der Waals surface area (Å²) in [6.45, 7) is 0. The molecule has 0 atom stereocenters. The van der Waals surface area contributed by atoms with Gasteiger partial charge in [-0.25, -0.2) is 4.98 Å². The lowest BCUT2D eigenvalue weighted by molar-refractivity contribution is -0.137. The fourth-order valence-corrected chi connectivity index (χ4v) is 1.91. The lowest BCUT2D eigenvalue weighted by atomic mass is 10.1. The van der Waals surface area contributed by atoms with E-state index in [9.17, 15) is 18.0 Å². The largest absolute Gasteiger partial charge is 0.441 e. The Morgan fingerprint density at radius 1 is 1.37 bits per heavy atom. The first-order chi connectivity index (χ1) is 8.91. The summed E-state index contributed by atoms with van der Waals surface area (Å²) in [6.07, 6.45) is -2.70. The molecule has 19 heavy (non-hydrogen) atoms. The highest BCUT2D eigenvalue weighted by Gasteiger charge is 2.35. The second-order valence-corrected chi connectivity index (χ2v) is 4.61. The van der Waals surface area contributed by atoms with Crippen molar-refractivity contribution in [2.75, 3.05) is 0 Å². The minimum atomic E-state index is -4.52. The topological polar surface area (TPSA) is 43.1 Å². The quantitative estimate of drug-likeness (QED) is 0.801. The third kappa shape index (κ3) is 3.04. The molecule has 2 aromatic rings. The number of aldehydes is 1. The number of hydrogen-bond acceptors (Lipinski definition) is 3. The zero-order chi connectivity index (χ0) is 14.0. The minimum absolute atomic E-state index is 0.0229. The lowest BCUT2D eigenvalue weighted by Gasteiger charge is -2.10. The maximum atomic E-state index is 12.9. The van der Waals surface area contributed by atoms with Gasteiger partial charge in [-0.1, -0.05) is 15.9 Å². The predicted octanol–water partition coefficient (Wildman–Crippen LogP) is 3.86. The van der Waals surface area contributed by atoms with Gasteiger partial charge >= 0.3 is 6.18 Å². The van der Waals surface area contributed by atoms with E-state index in [1.54, 1.807) is 0 Å². The van der Waals surface area contributed by atoms with Crippen LogP contribution >= 0.6 is 15.9 Å². The van der Waals surface area contributed by atoms with E-state index in [0.29, 0.717) is 10.8 Å². The van der Waals surface area contributed by atoms with Crippen molar-refractivity contribution in [1.82, 2.24) is 4.98 Å². The Balaban J connectivity index is 2.51. The molecule has 0 radical (unpaired) electrons. The Morgan fingerprint density at radius 2 is 2.11 bits per heavy atom. The molecule has 0 unspecified atom stereocenters. The van der Waals surface area contributed by atoms with Gasteiger partial charge in [0.2, 0.25) is 5.89 Å². The second-order valence-electron chi connectivity index (χ2n) is 3.69. The van der Waals surface area contributed by atoms with Gasteiger partial charge in [-0.05, 0) is 18.2 Å². The van der Waals surface area contributed by atoms with Crippen LogP contribution < -0.4 is 0 Å². The van der Waals surface area contributed by atoms with Crippen molar-refractivity contribution in [3.05, 3.63) is 40.2 Å². The van der Waals surface area contributed by atoms with Crippen LogP contribution in [-0.4, -0.2) is 11.3 Å². The Bertz CT molecular complexity index is 607. The molecule has 0 spiro atoms. The number of halogens is 4. The molecule has 1 aromatic carbocycles. The van der Waals surface area contributed by atoms with E-state index in [1.807, 2.05) is 0 Å². The molecule has 100 valence electrons. The molecule has 0 amide bonds. The van der Waals surface area contributed by atoms with E-state index in [-0.39, 0.29) is 23.6 Å². The van der Waals surface area contributed by atoms with Gasteiger partial charge in [-0.2, -0.15) is 13.2 Å². The summed E-state index contributed by atoms with van der Waals surface area (Å²) in [4.78, 5) is 14.1. The molecule has 0 fully saturated rings. The highest BCUT2D eigenvalue weighted by atomic mass is 79.9. The fourth-order valence-electron chi connectivity index (χ4n) is 1.55. The van der Waals surface area contributed by atoms with Crippen LogP contribution in [0.1, 0.15) is 11.3 Å². The third-order valence-electron chi connectivity index (χ3n) is 2.36. The van der Waals surface area contributed by atoms with Gasteiger partial charge in [-0.15, -0.1) is 0 Å². The van der Waals surface area contributed by atoms with Gasteiger partial charge in [0.25, 0.3) is 0 Å². The summed E-state index contributed by atoms with van der Waals surface area (Å²) < 4.78 is 44.2. The number of hydrogen-bond donors (Lipinski definition) is 0. The van der Waals surface area contributed by atoms with E-state index in [0.717, 1.165) is 6.07 Å². The Morgan fingerprint density at radius 3 is 2.74 bits per heavy atom. The maximum absolute atomic E-state index is 12.9. The predicted molar refractivity (Wildman–Crippen MR) is 64.4 cm³/mol. The van der Waals surface area contributed by atoms with E-state index < -0.39 is 11.7 Å². The normalized spacial score (nSPS) is 11.6. The number of carbonyl (C=O) groups excluding carboxylic acids is 1. The van der Waals surface area contributed by atoms with Gasteiger partial charge in [-0.3, -0.25) is 0 Å². The number of aromatic nitrogens is 1. The summed E-state index contributed by atoms with van der Waals surface area (Å²) in [6, 6.07) is 3.69. The zero-order valence-corrected chi connectivity index (χ0v) is 11.0. The standard InChI is InChI=1S/C12H7BrF3NO2/c13-7-1-2-9(10(5-7)12(14,15)16)11-17-6-8(19-11)3-4-18/h1-2,4-6H,3H2. The van der Waals surface area contributed by atoms with E-state index in [2.05, 4.69) is 20.9 Å². The molecule has 0 N–H and O–H groups in total. The van der Waals surface area contributed by atoms with Crippen LogP contribution in [0.15, 0.2) is 33.3 Å². The number of oxazole rings is 1. The highest BCUT2D eigenvalue weighted by Crippen LogP contribution is 2.38. The van der Waals surface area contributed by atoms with Crippen molar-refractivity contribution in [3.8, 4) is 11.5 Å². The van der Waals surface area contributed by atoms with Crippen LogP contribution in [0.3, 0.4) is 0 Å². The van der Waals surface area contributed by atoms with Crippen LogP contribution in [0, 0.1) is 0 Å². The zero-order valence-electron chi connectivity index (χ0n) is 9.37. The van der Waals surface area contributed by atoms with Gasteiger partial charge < -0.3 is 9.21 Å². The first-order valence-electron chi connectivity index (χ1n) is 5.17. The molecule has 0 aliphatic carbocycles.